The number of nitro benzene ring substituents is 1. The van der Waals surface area contributed by atoms with Crippen LogP contribution in [0.5, 0.6) is 0 Å². The van der Waals surface area contributed by atoms with Gasteiger partial charge in [0.15, 0.2) is 0 Å². The standard InChI is InChI=1S/C12H16BrN3O3/c13-10-2-1-9(7-11(10)16(18)19)12(8-17)15-5-3-14-4-6-15/h1-2,7,12,14,17H,3-6,8H2/t12-/m1/s1. The van der Waals surface area contributed by atoms with Gasteiger partial charge in [0.25, 0.3) is 5.69 Å². The minimum atomic E-state index is -0.417. The van der Waals surface area contributed by atoms with E-state index in [1.54, 1.807) is 6.07 Å². The molecule has 104 valence electrons. The second-order valence-corrected chi connectivity index (χ2v) is 5.31. The van der Waals surface area contributed by atoms with Crippen molar-refractivity contribution in [1.29, 1.82) is 0 Å². The summed E-state index contributed by atoms with van der Waals surface area (Å²) in [5.41, 5.74) is 0.811. The van der Waals surface area contributed by atoms with Gasteiger partial charge in [-0.2, -0.15) is 0 Å². The number of halogens is 1. The predicted molar refractivity (Wildman–Crippen MR) is 75.1 cm³/mol. The maximum absolute atomic E-state index is 11.0. The molecule has 0 saturated carbocycles. The molecule has 0 aromatic heterocycles. The lowest BCUT2D eigenvalue weighted by Gasteiger charge is -2.34. The highest BCUT2D eigenvalue weighted by Crippen LogP contribution is 2.30. The van der Waals surface area contributed by atoms with Gasteiger partial charge in [0.2, 0.25) is 0 Å². The second-order valence-electron chi connectivity index (χ2n) is 4.45. The molecule has 2 rings (SSSR count). The number of nitrogens with zero attached hydrogens (tertiary/aromatic N) is 2. The Hall–Kier alpha value is -1.02. The number of aliphatic hydroxyl groups is 1. The zero-order chi connectivity index (χ0) is 13.8. The summed E-state index contributed by atoms with van der Waals surface area (Å²) in [5, 5.41) is 23.8. The van der Waals surface area contributed by atoms with E-state index >= 15 is 0 Å². The molecule has 1 atom stereocenters. The summed E-state index contributed by atoms with van der Waals surface area (Å²) in [5.74, 6) is 0. The normalized spacial score (nSPS) is 18.2. The number of aliphatic hydroxyl groups excluding tert-OH is 1. The summed E-state index contributed by atoms with van der Waals surface area (Å²) in [6.07, 6.45) is 0. The van der Waals surface area contributed by atoms with Crippen LogP contribution in [0.15, 0.2) is 22.7 Å². The SMILES string of the molecule is O=[N+]([O-])c1cc([C@@H](CO)N2CCNCC2)ccc1Br. The van der Waals surface area contributed by atoms with Crippen LogP contribution in [-0.2, 0) is 0 Å². The van der Waals surface area contributed by atoms with Crippen LogP contribution in [0.4, 0.5) is 5.69 Å². The first-order valence-corrected chi connectivity index (χ1v) is 6.92. The fourth-order valence-corrected chi connectivity index (χ4v) is 2.69. The number of hydrogen-bond acceptors (Lipinski definition) is 5. The summed E-state index contributed by atoms with van der Waals surface area (Å²) in [7, 11) is 0. The fraction of sp³-hybridized carbons (Fsp3) is 0.500. The van der Waals surface area contributed by atoms with Crippen molar-refractivity contribution in [2.24, 2.45) is 0 Å². The van der Waals surface area contributed by atoms with Crippen LogP contribution >= 0.6 is 15.9 Å². The first-order chi connectivity index (χ1) is 9.13. The molecule has 2 N–H and O–H groups in total. The van der Waals surface area contributed by atoms with Gasteiger partial charge >= 0.3 is 0 Å². The molecule has 1 saturated heterocycles. The van der Waals surface area contributed by atoms with Crippen LogP contribution in [0, 0.1) is 10.1 Å². The summed E-state index contributed by atoms with van der Waals surface area (Å²) in [6, 6.07) is 4.83. The Labute approximate surface area is 119 Å². The third kappa shape index (κ3) is 3.30. The number of benzene rings is 1. The number of hydrogen-bond donors (Lipinski definition) is 2. The lowest BCUT2D eigenvalue weighted by Crippen LogP contribution is -2.46. The van der Waals surface area contributed by atoms with Gasteiger partial charge < -0.3 is 10.4 Å². The topological polar surface area (TPSA) is 78.6 Å². The molecular formula is C12H16BrN3O3. The molecule has 0 radical (unpaired) electrons. The molecular weight excluding hydrogens is 314 g/mol. The van der Waals surface area contributed by atoms with E-state index < -0.39 is 4.92 Å². The summed E-state index contributed by atoms with van der Waals surface area (Å²) in [6.45, 7) is 3.35. The molecule has 1 aromatic carbocycles. The largest absolute Gasteiger partial charge is 0.394 e. The van der Waals surface area contributed by atoms with Gasteiger partial charge in [-0.1, -0.05) is 6.07 Å². The molecule has 1 aliphatic heterocycles. The quantitative estimate of drug-likeness (QED) is 0.643. The van der Waals surface area contributed by atoms with Gasteiger partial charge in [0.1, 0.15) is 0 Å². The van der Waals surface area contributed by atoms with Crippen molar-refractivity contribution in [1.82, 2.24) is 10.2 Å². The molecule has 0 amide bonds. The van der Waals surface area contributed by atoms with Gasteiger partial charge in [0, 0.05) is 32.2 Å². The maximum atomic E-state index is 11.0. The van der Waals surface area contributed by atoms with Crippen molar-refractivity contribution >= 4 is 21.6 Å². The summed E-state index contributed by atoms with van der Waals surface area (Å²) < 4.78 is 0.457. The number of piperazine rings is 1. The molecule has 0 aliphatic carbocycles. The van der Waals surface area contributed by atoms with Gasteiger partial charge in [-0.05, 0) is 27.6 Å². The Balaban J connectivity index is 2.27. The van der Waals surface area contributed by atoms with Crippen LogP contribution < -0.4 is 5.32 Å². The number of nitro groups is 1. The van der Waals surface area contributed by atoms with E-state index in [1.807, 2.05) is 6.07 Å². The van der Waals surface area contributed by atoms with Gasteiger partial charge in [0.05, 0.1) is 22.0 Å². The van der Waals surface area contributed by atoms with Crippen LogP contribution in [-0.4, -0.2) is 47.7 Å². The second kappa shape index (κ2) is 6.42. The minimum Gasteiger partial charge on any atom is -0.394 e. The number of nitrogens with one attached hydrogen (secondary N) is 1. The summed E-state index contributed by atoms with van der Waals surface area (Å²) in [4.78, 5) is 12.7. The van der Waals surface area contributed by atoms with Crippen LogP contribution in [0.3, 0.4) is 0 Å². The van der Waals surface area contributed by atoms with Crippen molar-refractivity contribution in [3.63, 3.8) is 0 Å². The maximum Gasteiger partial charge on any atom is 0.283 e. The van der Waals surface area contributed by atoms with E-state index in [1.165, 1.54) is 6.07 Å². The predicted octanol–water partition coefficient (Wildman–Crippen LogP) is 1.30. The molecule has 6 nitrogen and oxygen atoms in total. The molecule has 0 unspecified atom stereocenters. The van der Waals surface area contributed by atoms with E-state index in [0.29, 0.717) is 4.47 Å². The van der Waals surface area contributed by atoms with E-state index in [9.17, 15) is 15.2 Å². The molecule has 0 bridgehead atoms. The highest BCUT2D eigenvalue weighted by molar-refractivity contribution is 9.10. The first kappa shape index (κ1) is 14.4. The lowest BCUT2D eigenvalue weighted by molar-refractivity contribution is -0.385. The van der Waals surface area contributed by atoms with Crippen molar-refractivity contribution < 1.29 is 10.0 Å². The van der Waals surface area contributed by atoms with Crippen LogP contribution in [0.2, 0.25) is 0 Å². The number of rotatable bonds is 4. The average molecular weight is 330 g/mol. The third-order valence-electron chi connectivity index (χ3n) is 3.32. The van der Waals surface area contributed by atoms with E-state index in [2.05, 4.69) is 26.1 Å². The Morgan fingerprint density at radius 2 is 2.16 bits per heavy atom. The molecule has 1 heterocycles. The molecule has 0 spiro atoms. The van der Waals surface area contributed by atoms with Gasteiger partial charge in [-0.3, -0.25) is 15.0 Å². The summed E-state index contributed by atoms with van der Waals surface area (Å²) >= 11 is 3.17. The smallest absolute Gasteiger partial charge is 0.283 e. The van der Waals surface area contributed by atoms with E-state index in [4.69, 9.17) is 0 Å². The molecule has 7 heteroatoms. The van der Waals surface area contributed by atoms with E-state index in [0.717, 1.165) is 31.7 Å². The average Bonchev–Trinajstić information content (AvgIpc) is 2.42. The zero-order valence-corrected chi connectivity index (χ0v) is 12.0. The molecule has 1 aliphatic rings. The Morgan fingerprint density at radius 3 is 2.74 bits per heavy atom. The highest BCUT2D eigenvalue weighted by Gasteiger charge is 2.23. The molecule has 19 heavy (non-hydrogen) atoms. The Morgan fingerprint density at radius 1 is 1.47 bits per heavy atom. The zero-order valence-electron chi connectivity index (χ0n) is 10.4. The molecule has 1 aromatic rings. The van der Waals surface area contributed by atoms with Crippen molar-refractivity contribution in [3.8, 4) is 0 Å². The third-order valence-corrected chi connectivity index (χ3v) is 3.99. The molecule has 1 fully saturated rings. The fourth-order valence-electron chi connectivity index (χ4n) is 2.30. The van der Waals surface area contributed by atoms with Crippen molar-refractivity contribution in [2.45, 2.75) is 6.04 Å². The Kier molecular flexibility index (Phi) is 4.87. The lowest BCUT2D eigenvalue weighted by atomic mass is 10.0. The van der Waals surface area contributed by atoms with Crippen molar-refractivity contribution in [2.75, 3.05) is 32.8 Å². The minimum absolute atomic E-state index is 0.0334. The highest BCUT2D eigenvalue weighted by atomic mass is 79.9. The van der Waals surface area contributed by atoms with Gasteiger partial charge in [-0.15, -0.1) is 0 Å². The van der Waals surface area contributed by atoms with Crippen LogP contribution in [0.25, 0.3) is 0 Å². The Bertz CT molecular complexity index is 464. The van der Waals surface area contributed by atoms with E-state index in [-0.39, 0.29) is 18.3 Å². The van der Waals surface area contributed by atoms with Crippen LogP contribution in [0.1, 0.15) is 11.6 Å². The monoisotopic (exact) mass is 329 g/mol. The van der Waals surface area contributed by atoms with Crippen molar-refractivity contribution in [3.05, 3.63) is 38.3 Å². The first-order valence-electron chi connectivity index (χ1n) is 6.13. The van der Waals surface area contributed by atoms with Gasteiger partial charge in [-0.25, -0.2) is 0 Å².